The van der Waals surface area contributed by atoms with Crippen molar-refractivity contribution in [2.45, 2.75) is 19.3 Å². The molecule has 3 aromatic rings. The second-order valence-electron chi connectivity index (χ2n) is 6.24. The van der Waals surface area contributed by atoms with Gasteiger partial charge in [0, 0.05) is 30.3 Å². The van der Waals surface area contributed by atoms with Gasteiger partial charge in [-0.2, -0.15) is 0 Å². The number of methoxy groups -OCH3 is 1. The molecule has 0 aliphatic heterocycles. The van der Waals surface area contributed by atoms with Gasteiger partial charge in [-0.15, -0.1) is 11.3 Å². The Hall–Kier alpha value is -2.86. The van der Waals surface area contributed by atoms with Crippen LogP contribution in [0.2, 0.25) is 0 Å². The van der Waals surface area contributed by atoms with Crippen molar-refractivity contribution in [3.05, 3.63) is 65.7 Å². The van der Waals surface area contributed by atoms with Crippen LogP contribution in [0.15, 0.2) is 60.0 Å². The van der Waals surface area contributed by atoms with Gasteiger partial charge >= 0.3 is 0 Å². The molecule has 0 unspecified atom stereocenters. The lowest BCUT2D eigenvalue weighted by atomic mass is 10.2. The fraction of sp³-hybridized carbons (Fsp3) is 0.273. The predicted octanol–water partition coefficient (Wildman–Crippen LogP) is 4.34. The second kappa shape index (κ2) is 10.5. The first kappa shape index (κ1) is 19.9. The molecular weight excluding hydrogens is 372 g/mol. The average Bonchev–Trinajstić information content (AvgIpc) is 3.21. The van der Waals surface area contributed by atoms with Crippen LogP contribution < -0.4 is 14.8 Å². The molecule has 1 aromatic heterocycles. The lowest BCUT2D eigenvalue weighted by Crippen LogP contribution is -2.25. The third-order valence-electron chi connectivity index (χ3n) is 4.13. The van der Waals surface area contributed by atoms with Crippen molar-refractivity contribution in [1.82, 2.24) is 10.3 Å². The molecular formula is C22H24N2O3S. The molecule has 0 aliphatic carbocycles. The van der Waals surface area contributed by atoms with Crippen molar-refractivity contribution in [1.29, 1.82) is 0 Å². The van der Waals surface area contributed by atoms with Gasteiger partial charge in [-0.25, -0.2) is 4.98 Å². The van der Waals surface area contributed by atoms with E-state index in [0.717, 1.165) is 27.8 Å². The molecule has 146 valence electrons. The Balaban J connectivity index is 1.35. The molecule has 28 heavy (non-hydrogen) atoms. The fourth-order valence-electron chi connectivity index (χ4n) is 2.67. The smallest absolute Gasteiger partial charge is 0.220 e. The minimum Gasteiger partial charge on any atom is -0.497 e. The van der Waals surface area contributed by atoms with Crippen molar-refractivity contribution in [3.63, 3.8) is 0 Å². The summed E-state index contributed by atoms with van der Waals surface area (Å²) in [5.41, 5.74) is 2.02. The fourth-order valence-corrected chi connectivity index (χ4v) is 3.52. The zero-order chi connectivity index (χ0) is 19.6. The standard InChI is InChI=1S/C22H24N2O3S/c1-26-20-10-5-7-17(15-20)22-24-18(16-28-22)12-13-23-21(25)11-6-14-27-19-8-3-2-4-9-19/h2-5,7-10,15-16H,6,11-14H2,1H3,(H,23,25). The summed E-state index contributed by atoms with van der Waals surface area (Å²) in [6.45, 7) is 1.12. The Labute approximate surface area is 169 Å². The highest BCUT2D eigenvalue weighted by Gasteiger charge is 2.07. The van der Waals surface area contributed by atoms with Gasteiger partial charge in [0.2, 0.25) is 5.91 Å². The number of hydrogen-bond donors (Lipinski definition) is 1. The van der Waals surface area contributed by atoms with Gasteiger partial charge in [0.15, 0.2) is 0 Å². The van der Waals surface area contributed by atoms with Gasteiger partial charge in [-0.3, -0.25) is 4.79 Å². The van der Waals surface area contributed by atoms with Crippen LogP contribution in [0.4, 0.5) is 0 Å². The molecule has 0 spiro atoms. The van der Waals surface area contributed by atoms with Gasteiger partial charge in [0.05, 0.1) is 19.4 Å². The lowest BCUT2D eigenvalue weighted by Gasteiger charge is -2.06. The Bertz CT molecular complexity index is 880. The van der Waals surface area contributed by atoms with E-state index < -0.39 is 0 Å². The van der Waals surface area contributed by atoms with Crippen LogP contribution >= 0.6 is 11.3 Å². The largest absolute Gasteiger partial charge is 0.497 e. The molecule has 0 saturated carbocycles. The molecule has 0 saturated heterocycles. The van der Waals surface area contributed by atoms with Crippen LogP contribution in [0.1, 0.15) is 18.5 Å². The van der Waals surface area contributed by atoms with Crippen molar-refractivity contribution < 1.29 is 14.3 Å². The Kier molecular flexibility index (Phi) is 7.44. The molecule has 1 heterocycles. The molecule has 1 amide bonds. The molecule has 0 aliphatic rings. The third kappa shape index (κ3) is 6.09. The quantitative estimate of drug-likeness (QED) is 0.518. The highest BCUT2D eigenvalue weighted by Crippen LogP contribution is 2.26. The average molecular weight is 397 g/mol. The number of nitrogens with zero attached hydrogens (tertiary/aromatic N) is 1. The Morgan fingerprint density at radius 2 is 1.93 bits per heavy atom. The number of para-hydroxylation sites is 1. The van der Waals surface area contributed by atoms with E-state index >= 15 is 0 Å². The van der Waals surface area contributed by atoms with Crippen LogP contribution in [0.5, 0.6) is 11.5 Å². The maximum atomic E-state index is 11.9. The number of ether oxygens (including phenoxy) is 2. The van der Waals surface area contributed by atoms with Crippen molar-refractivity contribution in [2.24, 2.45) is 0 Å². The van der Waals surface area contributed by atoms with E-state index in [2.05, 4.69) is 10.3 Å². The Morgan fingerprint density at radius 3 is 2.75 bits per heavy atom. The van der Waals surface area contributed by atoms with Crippen LogP contribution in [0.3, 0.4) is 0 Å². The van der Waals surface area contributed by atoms with Gasteiger partial charge in [0.25, 0.3) is 0 Å². The zero-order valence-corrected chi connectivity index (χ0v) is 16.7. The summed E-state index contributed by atoms with van der Waals surface area (Å²) >= 11 is 1.60. The van der Waals surface area contributed by atoms with Crippen LogP contribution in [-0.4, -0.2) is 31.2 Å². The number of carbonyl (C=O) groups is 1. The summed E-state index contributed by atoms with van der Waals surface area (Å²) in [7, 11) is 1.66. The van der Waals surface area contributed by atoms with Crippen molar-refractivity contribution in [2.75, 3.05) is 20.3 Å². The van der Waals surface area contributed by atoms with E-state index in [4.69, 9.17) is 9.47 Å². The number of carbonyl (C=O) groups excluding carboxylic acids is 1. The number of hydrogen-bond acceptors (Lipinski definition) is 5. The molecule has 0 bridgehead atoms. The van der Waals surface area contributed by atoms with Crippen LogP contribution in [0.25, 0.3) is 10.6 Å². The normalized spacial score (nSPS) is 10.5. The number of amides is 1. The number of benzene rings is 2. The first-order valence-corrected chi connectivity index (χ1v) is 10.2. The number of thiazole rings is 1. The van der Waals surface area contributed by atoms with E-state index in [0.29, 0.717) is 32.4 Å². The number of rotatable bonds is 10. The lowest BCUT2D eigenvalue weighted by molar-refractivity contribution is -0.121. The second-order valence-corrected chi connectivity index (χ2v) is 7.10. The van der Waals surface area contributed by atoms with Gasteiger partial charge in [0.1, 0.15) is 16.5 Å². The van der Waals surface area contributed by atoms with E-state index in [-0.39, 0.29) is 5.91 Å². The first-order valence-electron chi connectivity index (χ1n) is 9.28. The molecule has 1 N–H and O–H groups in total. The highest BCUT2D eigenvalue weighted by molar-refractivity contribution is 7.13. The van der Waals surface area contributed by atoms with Crippen molar-refractivity contribution >= 4 is 17.2 Å². The monoisotopic (exact) mass is 396 g/mol. The summed E-state index contributed by atoms with van der Waals surface area (Å²) in [6, 6.07) is 17.5. The molecule has 6 heteroatoms. The predicted molar refractivity (Wildman–Crippen MR) is 112 cm³/mol. The topological polar surface area (TPSA) is 60.5 Å². The maximum absolute atomic E-state index is 11.9. The molecule has 0 atom stereocenters. The van der Waals surface area contributed by atoms with E-state index in [1.807, 2.05) is 60.0 Å². The third-order valence-corrected chi connectivity index (χ3v) is 5.07. The summed E-state index contributed by atoms with van der Waals surface area (Å²) in [6.07, 6.45) is 1.86. The van der Waals surface area contributed by atoms with E-state index in [1.165, 1.54) is 0 Å². The van der Waals surface area contributed by atoms with Crippen molar-refractivity contribution in [3.8, 4) is 22.1 Å². The molecule has 5 nitrogen and oxygen atoms in total. The highest BCUT2D eigenvalue weighted by atomic mass is 32.1. The number of aromatic nitrogens is 1. The Morgan fingerprint density at radius 1 is 1.11 bits per heavy atom. The molecule has 0 fully saturated rings. The molecule has 0 radical (unpaired) electrons. The first-order chi connectivity index (χ1) is 13.7. The van der Waals surface area contributed by atoms with E-state index in [1.54, 1.807) is 18.4 Å². The molecule has 3 rings (SSSR count). The maximum Gasteiger partial charge on any atom is 0.220 e. The van der Waals surface area contributed by atoms with Crippen LogP contribution in [0, 0.1) is 0 Å². The summed E-state index contributed by atoms with van der Waals surface area (Å²) in [5, 5.41) is 5.94. The van der Waals surface area contributed by atoms with Gasteiger partial charge in [-0.05, 0) is 30.7 Å². The van der Waals surface area contributed by atoms with Gasteiger partial charge < -0.3 is 14.8 Å². The summed E-state index contributed by atoms with van der Waals surface area (Å²) in [5.74, 6) is 1.69. The summed E-state index contributed by atoms with van der Waals surface area (Å²) in [4.78, 5) is 16.6. The van der Waals surface area contributed by atoms with Crippen LogP contribution in [-0.2, 0) is 11.2 Å². The summed E-state index contributed by atoms with van der Waals surface area (Å²) < 4.78 is 10.9. The SMILES string of the molecule is COc1cccc(-c2nc(CCNC(=O)CCCOc3ccccc3)cs2)c1. The number of nitrogens with one attached hydrogen (secondary N) is 1. The van der Waals surface area contributed by atoms with E-state index in [9.17, 15) is 4.79 Å². The van der Waals surface area contributed by atoms with Gasteiger partial charge in [-0.1, -0.05) is 30.3 Å². The minimum absolute atomic E-state index is 0.0416. The molecule has 2 aromatic carbocycles. The minimum atomic E-state index is 0.0416. The zero-order valence-electron chi connectivity index (χ0n) is 15.9.